The maximum Gasteiger partial charge on any atom is 0.119 e. The van der Waals surface area contributed by atoms with Crippen LogP contribution < -0.4 is 0 Å². The second-order valence-electron chi connectivity index (χ2n) is 1.20. The summed E-state index contributed by atoms with van der Waals surface area (Å²) >= 11 is 4.58. The minimum atomic E-state index is 0.387. The molecule has 0 aliphatic rings. The van der Waals surface area contributed by atoms with Crippen molar-refractivity contribution in [1.29, 1.82) is 0 Å². The van der Waals surface area contributed by atoms with Gasteiger partial charge in [0.1, 0.15) is 5.82 Å². The van der Waals surface area contributed by atoms with Crippen molar-refractivity contribution in [3.63, 3.8) is 0 Å². The predicted octanol–water partition coefficient (Wildman–Crippen LogP) is 0.0189. The quantitative estimate of drug-likeness (QED) is 0.483. The van der Waals surface area contributed by atoms with E-state index in [0.29, 0.717) is 5.16 Å². The molecule has 0 fully saturated rings. The molecule has 0 saturated heterocycles. The van der Waals surface area contributed by atoms with E-state index in [0.717, 1.165) is 5.82 Å². The lowest BCUT2D eigenvalue weighted by Gasteiger charge is -1.85. The summed E-state index contributed by atoms with van der Waals surface area (Å²) in [6.07, 6.45) is 0. The first-order valence-electron chi connectivity index (χ1n) is 1.85. The van der Waals surface area contributed by atoms with Gasteiger partial charge in [0, 0.05) is 5.16 Å². The minimum absolute atomic E-state index is 0.387. The number of rotatable bonds is 0. The molecule has 0 aromatic carbocycles. The maximum absolute atomic E-state index is 4.58. The highest BCUT2D eigenvalue weighted by Gasteiger charge is 1.79. The fourth-order valence-electron chi connectivity index (χ4n) is 0.322. The number of nitrogens with one attached hydrogen (secondary N) is 1. The topological polar surface area (TPSA) is 41.6 Å². The normalized spacial score (nSPS) is 9.29. The molecule has 3 nitrogen and oxygen atoms in total. The van der Waals surface area contributed by atoms with Crippen LogP contribution in [0.1, 0.15) is 5.82 Å². The molecule has 0 radical (unpaired) electrons. The molecule has 7 heavy (non-hydrogen) atoms. The van der Waals surface area contributed by atoms with Gasteiger partial charge in [-0.3, -0.25) is 5.10 Å². The van der Waals surface area contributed by atoms with Crippen LogP contribution in [0, 0.1) is 6.92 Å². The molecule has 1 aromatic heterocycles. The Hall–Kier alpha value is -0.640. The highest BCUT2D eigenvalue weighted by atomic mass is 32.1. The molecular weight excluding hydrogens is 110 g/mol. The zero-order valence-electron chi connectivity index (χ0n) is 3.80. The van der Waals surface area contributed by atoms with Crippen molar-refractivity contribution in [2.24, 2.45) is 0 Å². The monoisotopic (exact) mass is 114 g/mol. The van der Waals surface area contributed by atoms with E-state index in [4.69, 9.17) is 0 Å². The van der Waals surface area contributed by atoms with Crippen LogP contribution in [0.2, 0.25) is 0 Å². The molecule has 1 N–H and O–H groups in total. The number of aromatic amines is 1. The van der Waals surface area contributed by atoms with Crippen LogP contribution >= 0.6 is 0 Å². The molecule has 0 aliphatic heterocycles. The lowest BCUT2D eigenvalue weighted by Crippen LogP contribution is -1.69. The van der Waals surface area contributed by atoms with Crippen molar-refractivity contribution in [1.82, 2.24) is 15.2 Å². The van der Waals surface area contributed by atoms with Crippen LogP contribution in [0.25, 0.3) is 0 Å². The van der Waals surface area contributed by atoms with E-state index >= 15 is 0 Å². The highest BCUT2D eigenvalue weighted by molar-refractivity contribution is 7.58. The second kappa shape index (κ2) is 1.46. The number of aryl methyl sites for hydroxylation is 1. The van der Waals surface area contributed by atoms with Crippen molar-refractivity contribution in [2.75, 3.05) is 0 Å². The van der Waals surface area contributed by atoms with Gasteiger partial charge in [-0.2, -0.15) is 5.10 Å². The molecule has 1 rings (SSSR count). The average molecular weight is 114 g/mol. The fraction of sp³-hybridized carbons (Fsp3) is 0.333. The molecular formula is C3H4N3S-. The van der Waals surface area contributed by atoms with Crippen molar-refractivity contribution in [2.45, 2.75) is 12.1 Å². The van der Waals surface area contributed by atoms with Gasteiger partial charge >= 0.3 is 0 Å². The summed E-state index contributed by atoms with van der Waals surface area (Å²) in [7, 11) is 0. The van der Waals surface area contributed by atoms with Crippen LogP contribution in [0.4, 0.5) is 0 Å². The molecule has 0 atom stereocenters. The Balaban J connectivity index is 3.04. The Labute approximate surface area is 46.6 Å². The molecule has 0 unspecified atom stereocenters. The van der Waals surface area contributed by atoms with Crippen molar-refractivity contribution in [3.05, 3.63) is 5.82 Å². The molecule has 1 heterocycles. The smallest absolute Gasteiger partial charge is 0.119 e. The first-order chi connectivity index (χ1) is 3.29. The van der Waals surface area contributed by atoms with Gasteiger partial charge in [0.25, 0.3) is 0 Å². The minimum Gasteiger partial charge on any atom is -0.738 e. The molecule has 0 aliphatic carbocycles. The molecule has 4 heteroatoms. The first kappa shape index (κ1) is 4.52. The summed E-state index contributed by atoms with van der Waals surface area (Å²) < 4.78 is 0. The SMILES string of the molecule is Cc1nc([S-])n[nH]1. The second-order valence-corrected chi connectivity index (χ2v) is 1.57. The largest absolute Gasteiger partial charge is 0.738 e. The third-order valence-electron chi connectivity index (χ3n) is 0.577. The summed E-state index contributed by atoms with van der Waals surface area (Å²) in [5.41, 5.74) is 0. The predicted molar refractivity (Wildman–Crippen MR) is 26.8 cm³/mol. The summed E-state index contributed by atoms with van der Waals surface area (Å²) in [6, 6.07) is 0. The van der Waals surface area contributed by atoms with Gasteiger partial charge in [-0.25, -0.2) is 4.98 Å². The molecule has 0 bridgehead atoms. The van der Waals surface area contributed by atoms with E-state index in [1.165, 1.54) is 0 Å². The Morgan fingerprint density at radius 3 is 2.57 bits per heavy atom. The van der Waals surface area contributed by atoms with E-state index in [9.17, 15) is 0 Å². The number of H-pyrrole nitrogens is 1. The van der Waals surface area contributed by atoms with E-state index in [1.807, 2.05) is 6.92 Å². The molecule has 0 spiro atoms. The Kier molecular flexibility index (Phi) is 0.941. The summed E-state index contributed by atoms with van der Waals surface area (Å²) in [5, 5.41) is 6.58. The number of aromatic nitrogens is 3. The van der Waals surface area contributed by atoms with Crippen LogP contribution in [0.3, 0.4) is 0 Å². The molecule has 0 saturated carbocycles. The maximum atomic E-state index is 4.58. The van der Waals surface area contributed by atoms with Gasteiger partial charge in [0.2, 0.25) is 0 Å². The number of hydrogen-bond donors (Lipinski definition) is 1. The van der Waals surface area contributed by atoms with Crippen LogP contribution in [0.15, 0.2) is 5.16 Å². The van der Waals surface area contributed by atoms with Gasteiger partial charge in [0.05, 0.1) is 0 Å². The molecule has 38 valence electrons. The summed E-state index contributed by atoms with van der Waals surface area (Å²) in [4.78, 5) is 3.76. The van der Waals surface area contributed by atoms with Gasteiger partial charge in [-0.15, -0.1) is 0 Å². The zero-order chi connectivity index (χ0) is 5.28. The molecule has 1 aromatic rings. The Morgan fingerprint density at radius 2 is 2.43 bits per heavy atom. The van der Waals surface area contributed by atoms with Gasteiger partial charge in [-0.05, 0) is 6.92 Å². The highest BCUT2D eigenvalue weighted by Crippen LogP contribution is 1.84. The third-order valence-corrected chi connectivity index (χ3v) is 0.759. The Bertz CT molecular complexity index is 142. The van der Waals surface area contributed by atoms with E-state index in [1.54, 1.807) is 0 Å². The van der Waals surface area contributed by atoms with Crippen LogP contribution in [-0.4, -0.2) is 15.2 Å². The zero-order valence-corrected chi connectivity index (χ0v) is 4.62. The van der Waals surface area contributed by atoms with E-state index in [-0.39, 0.29) is 0 Å². The third kappa shape index (κ3) is 0.866. The van der Waals surface area contributed by atoms with E-state index < -0.39 is 0 Å². The lowest BCUT2D eigenvalue weighted by atomic mass is 10.8. The van der Waals surface area contributed by atoms with Gasteiger partial charge in [0.15, 0.2) is 0 Å². The Morgan fingerprint density at radius 1 is 1.71 bits per heavy atom. The van der Waals surface area contributed by atoms with Crippen molar-refractivity contribution in [3.8, 4) is 0 Å². The van der Waals surface area contributed by atoms with Crippen molar-refractivity contribution >= 4 is 12.6 Å². The van der Waals surface area contributed by atoms with E-state index in [2.05, 4.69) is 27.8 Å². The number of hydrogen-bond acceptors (Lipinski definition) is 3. The van der Waals surface area contributed by atoms with Crippen LogP contribution in [-0.2, 0) is 12.6 Å². The molecule has 0 amide bonds. The fourth-order valence-corrected chi connectivity index (χ4v) is 0.505. The number of nitrogens with zero attached hydrogens (tertiary/aromatic N) is 2. The van der Waals surface area contributed by atoms with Gasteiger partial charge in [-0.1, -0.05) is 0 Å². The van der Waals surface area contributed by atoms with Gasteiger partial charge < -0.3 is 12.6 Å². The lowest BCUT2D eigenvalue weighted by molar-refractivity contribution is 0.974. The standard InChI is InChI=1S/C3H5N3S/c1-2-4-3(7)6-5-2/h1H3,(H2,4,5,6,7)/p-1. The first-order valence-corrected chi connectivity index (χ1v) is 2.26. The summed E-state index contributed by atoms with van der Waals surface area (Å²) in [5.74, 6) is 0.769. The van der Waals surface area contributed by atoms with Crippen molar-refractivity contribution < 1.29 is 0 Å². The average Bonchev–Trinajstić information content (AvgIpc) is 1.87. The van der Waals surface area contributed by atoms with Crippen LogP contribution in [0.5, 0.6) is 0 Å². The summed E-state index contributed by atoms with van der Waals surface area (Å²) in [6.45, 7) is 1.81.